The summed E-state index contributed by atoms with van der Waals surface area (Å²) in [5.41, 5.74) is 7.05. The van der Waals surface area contributed by atoms with Crippen molar-refractivity contribution in [1.82, 2.24) is 0 Å². The van der Waals surface area contributed by atoms with Gasteiger partial charge in [-0.1, -0.05) is 32.9 Å². The van der Waals surface area contributed by atoms with Crippen molar-refractivity contribution in [2.75, 3.05) is 5.73 Å². The molecule has 2 N–H and O–H groups in total. The van der Waals surface area contributed by atoms with Crippen LogP contribution in [0.25, 0.3) is 6.08 Å². The first-order chi connectivity index (χ1) is 7.29. The molecule has 4 heteroatoms. The highest BCUT2D eigenvalue weighted by Crippen LogP contribution is 2.23. The third-order valence-corrected chi connectivity index (χ3v) is 2.04. The number of hydrogen-bond donors (Lipinski definition) is 1. The Morgan fingerprint density at radius 3 is 2.44 bits per heavy atom. The summed E-state index contributed by atoms with van der Waals surface area (Å²) in [6.07, 6.45) is 3.91. The lowest BCUT2D eigenvalue weighted by molar-refractivity contribution is -0.384. The maximum absolute atomic E-state index is 10.5. The van der Waals surface area contributed by atoms with Crippen LogP contribution in [0.1, 0.15) is 26.3 Å². The van der Waals surface area contributed by atoms with Crippen molar-refractivity contribution in [3.63, 3.8) is 0 Å². The average Bonchev–Trinajstić information content (AvgIpc) is 2.14. The molecule has 0 bridgehead atoms. The number of anilines is 1. The smallest absolute Gasteiger partial charge is 0.271 e. The SMILES string of the molecule is CC(C)(C)/C=C/c1ccc([N+](=O)[O-])cc1N. The molecule has 0 heterocycles. The molecule has 0 saturated heterocycles. The van der Waals surface area contributed by atoms with Crippen LogP contribution in [0.15, 0.2) is 24.3 Å². The van der Waals surface area contributed by atoms with Gasteiger partial charge in [0.25, 0.3) is 5.69 Å². The number of allylic oxidation sites excluding steroid dienone is 1. The molecule has 0 spiro atoms. The number of nitrogen functional groups attached to an aromatic ring is 1. The highest BCUT2D eigenvalue weighted by Gasteiger charge is 2.08. The summed E-state index contributed by atoms with van der Waals surface area (Å²) in [5, 5.41) is 10.5. The number of hydrogen-bond acceptors (Lipinski definition) is 3. The summed E-state index contributed by atoms with van der Waals surface area (Å²) in [7, 11) is 0. The summed E-state index contributed by atoms with van der Waals surface area (Å²) < 4.78 is 0. The molecule has 86 valence electrons. The van der Waals surface area contributed by atoms with E-state index in [-0.39, 0.29) is 11.1 Å². The second-order valence-electron chi connectivity index (χ2n) is 4.77. The highest BCUT2D eigenvalue weighted by atomic mass is 16.6. The first kappa shape index (κ1) is 12.2. The number of nitrogens with zero attached hydrogens (tertiary/aromatic N) is 1. The van der Waals surface area contributed by atoms with Gasteiger partial charge in [-0.25, -0.2) is 0 Å². The summed E-state index contributed by atoms with van der Waals surface area (Å²) >= 11 is 0. The largest absolute Gasteiger partial charge is 0.398 e. The number of nitrogens with two attached hydrogens (primary N) is 1. The topological polar surface area (TPSA) is 69.2 Å². The van der Waals surface area contributed by atoms with Crippen molar-refractivity contribution in [1.29, 1.82) is 0 Å². The zero-order chi connectivity index (χ0) is 12.3. The van der Waals surface area contributed by atoms with Crippen LogP contribution in [0.4, 0.5) is 11.4 Å². The fourth-order valence-electron chi connectivity index (χ4n) is 1.17. The third kappa shape index (κ3) is 3.38. The molecule has 0 fully saturated rings. The zero-order valence-electron chi connectivity index (χ0n) is 9.73. The van der Waals surface area contributed by atoms with Gasteiger partial charge in [0.2, 0.25) is 0 Å². The van der Waals surface area contributed by atoms with Gasteiger partial charge >= 0.3 is 0 Å². The molecule has 0 aliphatic rings. The van der Waals surface area contributed by atoms with Crippen molar-refractivity contribution >= 4 is 17.5 Å². The van der Waals surface area contributed by atoms with E-state index in [0.29, 0.717) is 5.69 Å². The standard InChI is InChI=1S/C12H16N2O2/c1-12(2,3)7-6-9-4-5-10(14(15)16)8-11(9)13/h4-8H,13H2,1-3H3/b7-6+. The maximum Gasteiger partial charge on any atom is 0.271 e. The van der Waals surface area contributed by atoms with E-state index in [1.165, 1.54) is 12.1 Å². The summed E-state index contributed by atoms with van der Waals surface area (Å²) in [6.45, 7) is 6.22. The van der Waals surface area contributed by atoms with E-state index >= 15 is 0 Å². The Kier molecular flexibility index (Phi) is 3.32. The molecule has 0 saturated carbocycles. The maximum atomic E-state index is 10.5. The van der Waals surface area contributed by atoms with Crippen molar-refractivity contribution in [3.8, 4) is 0 Å². The van der Waals surface area contributed by atoms with Crippen LogP contribution in [0.5, 0.6) is 0 Å². The predicted molar refractivity (Wildman–Crippen MR) is 66.0 cm³/mol. The van der Waals surface area contributed by atoms with E-state index in [0.717, 1.165) is 5.56 Å². The monoisotopic (exact) mass is 220 g/mol. The molecule has 16 heavy (non-hydrogen) atoms. The number of nitro groups is 1. The Bertz CT molecular complexity index is 431. The van der Waals surface area contributed by atoms with Gasteiger partial charge in [-0.3, -0.25) is 10.1 Å². The predicted octanol–water partition coefficient (Wildman–Crippen LogP) is 3.24. The lowest BCUT2D eigenvalue weighted by Gasteiger charge is -2.11. The van der Waals surface area contributed by atoms with Crippen LogP contribution in [0.2, 0.25) is 0 Å². The van der Waals surface area contributed by atoms with E-state index in [4.69, 9.17) is 5.73 Å². The number of rotatable bonds is 2. The number of non-ortho nitro benzene ring substituents is 1. The molecular formula is C12H16N2O2. The van der Waals surface area contributed by atoms with E-state index in [1.807, 2.05) is 12.2 Å². The summed E-state index contributed by atoms with van der Waals surface area (Å²) in [4.78, 5) is 10.1. The van der Waals surface area contributed by atoms with Crippen LogP contribution >= 0.6 is 0 Å². The Labute approximate surface area is 94.9 Å². The number of nitro benzene ring substituents is 1. The molecule has 0 unspecified atom stereocenters. The third-order valence-electron chi connectivity index (χ3n) is 2.04. The lowest BCUT2D eigenvalue weighted by Crippen LogP contribution is -1.99. The van der Waals surface area contributed by atoms with Crippen molar-refractivity contribution in [3.05, 3.63) is 40.0 Å². The van der Waals surface area contributed by atoms with Crippen molar-refractivity contribution in [2.45, 2.75) is 20.8 Å². The number of benzene rings is 1. The molecule has 0 amide bonds. The minimum absolute atomic E-state index is 0.0189. The van der Waals surface area contributed by atoms with Crippen LogP contribution in [-0.4, -0.2) is 4.92 Å². The van der Waals surface area contributed by atoms with E-state index in [1.54, 1.807) is 6.07 Å². The summed E-state index contributed by atoms with van der Waals surface area (Å²) in [5.74, 6) is 0. The Balaban J connectivity index is 3.01. The first-order valence-corrected chi connectivity index (χ1v) is 5.03. The van der Waals surface area contributed by atoms with Crippen molar-refractivity contribution < 1.29 is 4.92 Å². The molecule has 0 aliphatic heterocycles. The second kappa shape index (κ2) is 4.35. The fourth-order valence-corrected chi connectivity index (χ4v) is 1.17. The van der Waals surface area contributed by atoms with Crippen LogP contribution < -0.4 is 5.73 Å². The minimum Gasteiger partial charge on any atom is -0.398 e. The molecule has 0 aromatic heterocycles. The highest BCUT2D eigenvalue weighted by molar-refractivity contribution is 5.67. The average molecular weight is 220 g/mol. The van der Waals surface area contributed by atoms with Gasteiger partial charge in [0.1, 0.15) is 0 Å². The van der Waals surface area contributed by atoms with Gasteiger partial charge in [-0.2, -0.15) is 0 Å². The first-order valence-electron chi connectivity index (χ1n) is 5.03. The fraction of sp³-hybridized carbons (Fsp3) is 0.333. The van der Waals surface area contributed by atoms with E-state index in [2.05, 4.69) is 20.8 Å². The van der Waals surface area contributed by atoms with E-state index < -0.39 is 4.92 Å². The quantitative estimate of drug-likeness (QED) is 0.472. The van der Waals surface area contributed by atoms with Crippen molar-refractivity contribution in [2.24, 2.45) is 5.41 Å². The van der Waals surface area contributed by atoms with Gasteiger partial charge in [-0.05, 0) is 17.0 Å². The molecule has 0 atom stereocenters. The molecule has 1 aromatic rings. The molecule has 1 rings (SSSR count). The molecule has 0 radical (unpaired) electrons. The van der Waals surface area contributed by atoms with Gasteiger partial charge in [-0.15, -0.1) is 0 Å². The Hall–Kier alpha value is -1.84. The molecular weight excluding hydrogens is 204 g/mol. The van der Waals surface area contributed by atoms with Crippen LogP contribution in [-0.2, 0) is 0 Å². The van der Waals surface area contributed by atoms with Gasteiger partial charge in [0.05, 0.1) is 4.92 Å². The normalized spacial score (nSPS) is 11.9. The molecule has 0 aliphatic carbocycles. The lowest BCUT2D eigenvalue weighted by atomic mass is 9.95. The van der Waals surface area contributed by atoms with Gasteiger partial charge in [0.15, 0.2) is 0 Å². The van der Waals surface area contributed by atoms with Crippen LogP contribution in [0, 0.1) is 15.5 Å². The zero-order valence-corrected chi connectivity index (χ0v) is 9.73. The van der Waals surface area contributed by atoms with Gasteiger partial charge in [0, 0.05) is 17.8 Å². The molecule has 1 aromatic carbocycles. The van der Waals surface area contributed by atoms with E-state index in [9.17, 15) is 10.1 Å². The Morgan fingerprint density at radius 1 is 1.38 bits per heavy atom. The summed E-state index contributed by atoms with van der Waals surface area (Å²) in [6, 6.07) is 4.50. The van der Waals surface area contributed by atoms with Crippen LogP contribution in [0.3, 0.4) is 0 Å². The minimum atomic E-state index is -0.451. The Morgan fingerprint density at radius 2 is 2.00 bits per heavy atom. The second-order valence-corrected chi connectivity index (χ2v) is 4.77. The van der Waals surface area contributed by atoms with Gasteiger partial charge < -0.3 is 5.73 Å². The molecule has 4 nitrogen and oxygen atoms in total.